The van der Waals surface area contributed by atoms with Gasteiger partial charge in [0.05, 0.1) is 19.4 Å². The van der Waals surface area contributed by atoms with Crippen molar-refractivity contribution in [3.63, 3.8) is 0 Å². The molecule has 2 heterocycles. The summed E-state index contributed by atoms with van der Waals surface area (Å²) in [6.07, 6.45) is 4.57. The van der Waals surface area contributed by atoms with E-state index in [-0.39, 0.29) is 21.1 Å². The van der Waals surface area contributed by atoms with Gasteiger partial charge in [-0.15, -0.1) is 6.58 Å². The number of hydrogen-bond donors (Lipinski definition) is 1. The topological polar surface area (TPSA) is 41.0 Å². The number of anilines is 1. The summed E-state index contributed by atoms with van der Waals surface area (Å²) < 4.78 is 15.6. The van der Waals surface area contributed by atoms with E-state index < -0.39 is 5.82 Å². The summed E-state index contributed by atoms with van der Waals surface area (Å²) in [4.78, 5) is 11.3. The summed E-state index contributed by atoms with van der Waals surface area (Å²) in [5.74, 6) is 0.223. The van der Waals surface area contributed by atoms with E-state index in [1.165, 1.54) is 11.8 Å². The van der Waals surface area contributed by atoms with E-state index in [1.807, 2.05) is 12.3 Å². The summed E-state index contributed by atoms with van der Waals surface area (Å²) in [6.45, 7) is 6.26. The molecule has 25 heavy (non-hydrogen) atoms. The Hall–Kier alpha value is -0.410. The SMILES string of the molecule is C=CCC1CNCCN1c1nc(SC)nc2c(F)c(Br)c(Cl)c(Br)c12. The largest absolute Gasteiger partial charge is 0.350 e. The lowest BCUT2D eigenvalue weighted by atomic mass is 10.1. The number of halogens is 4. The predicted octanol–water partition coefficient (Wildman–Crippen LogP) is 5.02. The van der Waals surface area contributed by atoms with Crippen molar-refractivity contribution in [1.29, 1.82) is 0 Å². The second-order valence-electron chi connectivity index (χ2n) is 5.59. The number of hydrogen-bond acceptors (Lipinski definition) is 5. The number of rotatable bonds is 4. The van der Waals surface area contributed by atoms with Crippen LogP contribution in [0.4, 0.5) is 10.2 Å². The molecule has 2 aromatic rings. The van der Waals surface area contributed by atoms with Crippen LogP contribution in [0.3, 0.4) is 0 Å². The Morgan fingerprint density at radius 1 is 1.44 bits per heavy atom. The third-order valence-corrected chi connectivity index (χ3v) is 7.04. The molecule has 1 saturated heterocycles. The number of fused-ring (bicyclic) bond motifs is 1. The number of nitrogens with one attached hydrogen (secondary N) is 1. The van der Waals surface area contributed by atoms with Crippen molar-refractivity contribution >= 4 is 71.9 Å². The smallest absolute Gasteiger partial charge is 0.189 e. The van der Waals surface area contributed by atoms with Crippen LogP contribution < -0.4 is 10.2 Å². The molecule has 134 valence electrons. The van der Waals surface area contributed by atoms with Gasteiger partial charge in [0.1, 0.15) is 11.3 Å². The van der Waals surface area contributed by atoms with Crippen LogP contribution in [0, 0.1) is 5.82 Å². The summed E-state index contributed by atoms with van der Waals surface area (Å²) in [6, 6.07) is 0.191. The summed E-state index contributed by atoms with van der Waals surface area (Å²) in [7, 11) is 0. The highest BCUT2D eigenvalue weighted by Gasteiger charge is 2.28. The molecular formula is C16H16Br2ClFN4S. The number of benzene rings is 1. The minimum atomic E-state index is -0.474. The number of thioether (sulfide) groups is 1. The van der Waals surface area contributed by atoms with Gasteiger partial charge in [0.15, 0.2) is 11.0 Å². The standard InChI is InChI=1S/C16H16Br2ClFN4S/c1-3-4-8-7-21-5-6-24(8)15-9-10(17)12(19)11(18)13(20)14(9)22-16(23-15)25-2/h3,8,21H,1,4-7H2,2H3. The second-order valence-corrected chi connectivity index (χ2v) is 8.33. The first-order chi connectivity index (χ1) is 12.0. The van der Waals surface area contributed by atoms with Gasteiger partial charge in [-0.05, 0) is 44.5 Å². The predicted molar refractivity (Wildman–Crippen MR) is 111 cm³/mol. The first kappa shape index (κ1) is 19.4. The zero-order chi connectivity index (χ0) is 18.1. The lowest BCUT2D eigenvalue weighted by Crippen LogP contribution is -2.51. The highest BCUT2D eigenvalue weighted by Crippen LogP contribution is 2.43. The molecule has 0 spiro atoms. The molecule has 0 saturated carbocycles. The molecule has 1 aromatic carbocycles. The Balaban J connectivity index is 2.31. The fraction of sp³-hybridized carbons (Fsp3) is 0.375. The van der Waals surface area contributed by atoms with Gasteiger partial charge in [-0.2, -0.15) is 0 Å². The molecule has 0 amide bonds. The Labute approximate surface area is 171 Å². The van der Waals surface area contributed by atoms with Crippen LogP contribution in [-0.4, -0.2) is 41.9 Å². The highest BCUT2D eigenvalue weighted by atomic mass is 79.9. The van der Waals surface area contributed by atoms with E-state index >= 15 is 0 Å². The van der Waals surface area contributed by atoms with Crippen LogP contribution in [-0.2, 0) is 0 Å². The Morgan fingerprint density at radius 2 is 2.20 bits per heavy atom. The molecule has 1 fully saturated rings. The summed E-state index contributed by atoms with van der Waals surface area (Å²) >= 11 is 14.4. The number of nitrogens with zero attached hydrogens (tertiary/aromatic N) is 3. The van der Waals surface area contributed by atoms with Gasteiger partial charge in [0.2, 0.25) is 0 Å². The zero-order valence-electron chi connectivity index (χ0n) is 13.5. The summed E-state index contributed by atoms with van der Waals surface area (Å²) in [5, 5.41) is 4.79. The van der Waals surface area contributed by atoms with Gasteiger partial charge in [0.25, 0.3) is 0 Å². The van der Waals surface area contributed by atoms with E-state index in [0.717, 1.165) is 26.1 Å². The maximum Gasteiger partial charge on any atom is 0.189 e. The van der Waals surface area contributed by atoms with Crippen LogP contribution in [0.15, 0.2) is 26.8 Å². The molecule has 1 atom stereocenters. The van der Waals surface area contributed by atoms with Crippen LogP contribution in [0.1, 0.15) is 6.42 Å². The average Bonchev–Trinajstić information content (AvgIpc) is 2.64. The van der Waals surface area contributed by atoms with Crippen molar-refractivity contribution in [3.05, 3.63) is 32.4 Å². The van der Waals surface area contributed by atoms with Crippen molar-refractivity contribution in [1.82, 2.24) is 15.3 Å². The summed E-state index contributed by atoms with van der Waals surface area (Å²) in [5.41, 5.74) is 0.258. The molecule has 1 aromatic heterocycles. The fourth-order valence-corrected chi connectivity index (χ4v) is 4.69. The molecule has 0 aliphatic carbocycles. The average molecular weight is 511 g/mol. The van der Waals surface area contributed by atoms with Gasteiger partial charge in [-0.25, -0.2) is 14.4 Å². The first-order valence-electron chi connectivity index (χ1n) is 7.65. The van der Waals surface area contributed by atoms with Crippen molar-refractivity contribution < 1.29 is 4.39 Å². The van der Waals surface area contributed by atoms with Gasteiger partial charge >= 0.3 is 0 Å². The van der Waals surface area contributed by atoms with E-state index in [0.29, 0.717) is 20.8 Å². The van der Waals surface area contributed by atoms with Crippen molar-refractivity contribution in [3.8, 4) is 0 Å². The minimum Gasteiger partial charge on any atom is -0.350 e. The van der Waals surface area contributed by atoms with Crippen LogP contribution in [0.25, 0.3) is 10.9 Å². The van der Waals surface area contributed by atoms with Gasteiger partial charge in [-0.1, -0.05) is 29.4 Å². The lowest BCUT2D eigenvalue weighted by Gasteiger charge is -2.37. The maximum absolute atomic E-state index is 14.8. The highest BCUT2D eigenvalue weighted by molar-refractivity contribution is 9.11. The molecule has 1 aliphatic heterocycles. The molecule has 0 bridgehead atoms. The monoisotopic (exact) mass is 508 g/mol. The molecular weight excluding hydrogens is 495 g/mol. The van der Waals surface area contributed by atoms with Crippen molar-refractivity contribution in [2.24, 2.45) is 0 Å². The molecule has 4 nitrogen and oxygen atoms in total. The van der Waals surface area contributed by atoms with Crippen molar-refractivity contribution in [2.75, 3.05) is 30.8 Å². The molecule has 3 rings (SSSR count). The second kappa shape index (κ2) is 8.08. The molecule has 1 aliphatic rings. The van der Waals surface area contributed by atoms with E-state index in [2.05, 4.69) is 53.6 Å². The van der Waals surface area contributed by atoms with Crippen LogP contribution in [0.5, 0.6) is 0 Å². The van der Waals surface area contributed by atoms with Crippen LogP contribution in [0.2, 0.25) is 5.02 Å². The van der Waals surface area contributed by atoms with E-state index in [1.54, 1.807) is 0 Å². The number of piperazine rings is 1. The third-order valence-electron chi connectivity index (χ3n) is 4.12. The van der Waals surface area contributed by atoms with E-state index in [9.17, 15) is 4.39 Å². The van der Waals surface area contributed by atoms with Gasteiger partial charge in [0, 0.05) is 25.7 Å². The maximum atomic E-state index is 14.8. The van der Waals surface area contributed by atoms with Crippen molar-refractivity contribution in [2.45, 2.75) is 17.6 Å². The van der Waals surface area contributed by atoms with Crippen LogP contribution >= 0.6 is 55.2 Å². The lowest BCUT2D eigenvalue weighted by molar-refractivity contribution is 0.475. The van der Waals surface area contributed by atoms with Gasteiger partial charge < -0.3 is 10.2 Å². The first-order valence-corrected chi connectivity index (χ1v) is 10.8. The third kappa shape index (κ3) is 3.56. The van der Waals surface area contributed by atoms with E-state index in [4.69, 9.17) is 16.6 Å². The Bertz CT molecular complexity index is 836. The minimum absolute atomic E-state index is 0.191. The molecule has 9 heteroatoms. The molecule has 0 radical (unpaired) electrons. The molecule has 1 N–H and O–H groups in total. The fourth-order valence-electron chi connectivity index (χ4n) is 2.94. The molecule has 1 unspecified atom stereocenters. The Morgan fingerprint density at radius 3 is 2.88 bits per heavy atom. The quantitative estimate of drug-likeness (QED) is 0.206. The zero-order valence-corrected chi connectivity index (χ0v) is 18.2. The normalized spacial score (nSPS) is 18.0. The Kier molecular flexibility index (Phi) is 6.26. The number of aromatic nitrogens is 2. The van der Waals surface area contributed by atoms with Gasteiger partial charge in [-0.3, -0.25) is 0 Å².